The molecular formula is C11H16FN. The van der Waals surface area contributed by atoms with Crippen LogP contribution in [0.15, 0.2) is 18.2 Å². The normalized spacial score (nSPS) is 11.5. The van der Waals surface area contributed by atoms with E-state index in [-0.39, 0.29) is 0 Å². The lowest BCUT2D eigenvalue weighted by Crippen LogP contribution is -2.09. The van der Waals surface area contributed by atoms with Crippen LogP contribution < -0.4 is 5.32 Å². The second-order valence-electron chi connectivity index (χ2n) is 3.81. The van der Waals surface area contributed by atoms with Crippen molar-refractivity contribution in [3.63, 3.8) is 0 Å². The number of hydrogen-bond donors (Lipinski definition) is 1. The molecule has 1 aromatic rings. The molecule has 0 aliphatic carbocycles. The first-order valence-corrected chi connectivity index (χ1v) is 4.42. The van der Waals surface area contributed by atoms with Crippen molar-refractivity contribution in [1.82, 2.24) is 0 Å². The van der Waals surface area contributed by atoms with Gasteiger partial charge in [0, 0.05) is 12.7 Å². The zero-order valence-corrected chi connectivity index (χ0v) is 8.61. The van der Waals surface area contributed by atoms with Crippen LogP contribution in [-0.2, 0) is 5.67 Å². The molecule has 1 N–H and O–H groups in total. The summed E-state index contributed by atoms with van der Waals surface area (Å²) < 4.78 is 13.6. The summed E-state index contributed by atoms with van der Waals surface area (Å²) in [5.41, 5.74) is 1.49. The molecule has 0 atom stereocenters. The molecule has 0 aliphatic heterocycles. The number of nitrogens with one attached hydrogen (secondary N) is 1. The van der Waals surface area contributed by atoms with Gasteiger partial charge in [0.2, 0.25) is 0 Å². The lowest BCUT2D eigenvalue weighted by atomic mass is 9.98. The van der Waals surface area contributed by atoms with E-state index in [2.05, 4.69) is 5.32 Å². The molecule has 0 unspecified atom stereocenters. The summed E-state index contributed by atoms with van der Waals surface area (Å²) in [5, 5.41) is 3.01. The van der Waals surface area contributed by atoms with E-state index in [1.165, 1.54) is 0 Å². The van der Waals surface area contributed by atoms with Gasteiger partial charge in [-0.1, -0.05) is 6.07 Å². The van der Waals surface area contributed by atoms with Crippen LogP contribution in [0.5, 0.6) is 0 Å². The van der Waals surface area contributed by atoms with Crippen LogP contribution in [0.4, 0.5) is 10.1 Å². The maximum atomic E-state index is 13.6. The molecule has 72 valence electrons. The average molecular weight is 181 g/mol. The number of aryl methyl sites for hydroxylation is 1. The molecule has 0 bridgehead atoms. The fourth-order valence-electron chi connectivity index (χ4n) is 1.27. The molecule has 0 aromatic heterocycles. The van der Waals surface area contributed by atoms with Crippen molar-refractivity contribution in [3.05, 3.63) is 29.3 Å². The highest BCUT2D eigenvalue weighted by Gasteiger charge is 2.19. The zero-order chi connectivity index (χ0) is 10.1. The SMILES string of the molecule is CNc1cc(C)cc(C(C)(C)F)c1. The maximum absolute atomic E-state index is 13.6. The van der Waals surface area contributed by atoms with Crippen LogP contribution in [-0.4, -0.2) is 7.05 Å². The van der Waals surface area contributed by atoms with Crippen LogP contribution >= 0.6 is 0 Å². The lowest BCUT2D eigenvalue weighted by Gasteiger charge is -2.16. The first-order valence-electron chi connectivity index (χ1n) is 4.42. The van der Waals surface area contributed by atoms with Crippen molar-refractivity contribution in [2.24, 2.45) is 0 Å². The molecule has 2 heteroatoms. The molecule has 0 radical (unpaired) electrons. The highest BCUT2D eigenvalue weighted by atomic mass is 19.1. The van der Waals surface area contributed by atoms with E-state index in [0.29, 0.717) is 0 Å². The van der Waals surface area contributed by atoms with Crippen molar-refractivity contribution in [2.75, 3.05) is 12.4 Å². The minimum atomic E-state index is -1.27. The van der Waals surface area contributed by atoms with Gasteiger partial charge in [-0.3, -0.25) is 0 Å². The third-order valence-electron chi connectivity index (χ3n) is 2.05. The van der Waals surface area contributed by atoms with Crippen LogP contribution in [0.2, 0.25) is 0 Å². The van der Waals surface area contributed by atoms with E-state index in [0.717, 1.165) is 16.8 Å². The number of anilines is 1. The maximum Gasteiger partial charge on any atom is 0.130 e. The molecule has 0 saturated heterocycles. The third kappa shape index (κ3) is 2.44. The van der Waals surface area contributed by atoms with Gasteiger partial charge in [0.15, 0.2) is 0 Å². The standard InChI is InChI=1S/C11H16FN/c1-8-5-9(11(2,3)12)7-10(6-8)13-4/h5-7,13H,1-4H3. The smallest absolute Gasteiger partial charge is 0.130 e. The topological polar surface area (TPSA) is 12.0 Å². The summed E-state index contributed by atoms with van der Waals surface area (Å²) in [7, 11) is 1.84. The molecule has 0 fully saturated rings. The van der Waals surface area contributed by atoms with Gasteiger partial charge in [-0.05, 0) is 44.0 Å². The van der Waals surface area contributed by atoms with Gasteiger partial charge >= 0.3 is 0 Å². The second-order valence-corrected chi connectivity index (χ2v) is 3.81. The Morgan fingerprint density at radius 1 is 1.23 bits per heavy atom. The molecule has 13 heavy (non-hydrogen) atoms. The molecular weight excluding hydrogens is 165 g/mol. The fraction of sp³-hybridized carbons (Fsp3) is 0.455. The Labute approximate surface area is 79.0 Å². The molecule has 0 saturated carbocycles. The molecule has 0 amide bonds. The fourth-order valence-corrected chi connectivity index (χ4v) is 1.27. The monoisotopic (exact) mass is 181 g/mol. The lowest BCUT2D eigenvalue weighted by molar-refractivity contribution is 0.221. The van der Waals surface area contributed by atoms with Gasteiger partial charge in [0.05, 0.1) is 0 Å². The summed E-state index contributed by atoms with van der Waals surface area (Å²) in [4.78, 5) is 0. The van der Waals surface area contributed by atoms with E-state index in [4.69, 9.17) is 0 Å². The third-order valence-corrected chi connectivity index (χ3v) is 2.05. The minimum absolute atomic E-state index is 0.719. The van der Waals surface area contributed by atoms with Gasteiger partial charge in [0.1, 0.15) is 5.67 Å². The minimum Gasteiger partial charge on any atom is -0.388 e. The van der Waals surface area contributed by atoms with E-state index in [1.54, 1.807) is 13.8 Å². The Kier molecular flexibility index (Phi) is 2.60. The molecule has 1 aromatic carbocycles. The largest absolute Gasteiger partial charge is 0.388 e. The van der Waals surface area contributed by atoms with Crippen molar-refractivity contribution in [3.8, 4) is 0 Å². The van der Waals surface area contributed by atoms with Gasteiger partial charge in [0.25, 0.3) is 0 Å². The summed E-state index contributed by atoms with van der Waals surface area (Å²) in [6, 6.07) is 5.71. The number of halogens is 1. The van der Waals surface area contributed by atoms with E-state index < -0.39 is 5.67 Å². The van der Waals surface area contributed by atoms with Gasteiger partial charge in [-0.25, -0.2) is 4.39 Å². The summed E-state index contributed by atoms with van der Waals surface area (Å²) >= 11 is 0. The Hall–Kier alpha value is -1.05. The van der Waals surface area contributed by atoms with Crippen LogP contribution in [0, 0.1) is 6.92 Å². The number of benzene rings is 1. The van der Waals surface area contributed by atoms with Crippen molar-refractivity contribution in [2.45, 2.75) is 26.4 Å². The molecule has 0 aliphatic rings. The van der Waals surface area contributed by atoms with Crippen LogP contribution in [0.1, 0.15) is 25.0 Å². The van der Waals surface area contributed by atoms with Crippen molar-refractivity contribution in [1.29, 1.82) is 0 Å². The van der Waals surface area contributed by atoms with Crippen LogP contribution in [0.25, 0.3) is 0 Å². The molecule has 1 nitrogen and oxygen atoms in total. The predicted octanol–water partition coefficient (Wildman–Crippen LogP) is 3.24. The van der Waals surface area contributed by atoms with E-state index in [9.17, 15) is 4.39 Å². The summed E-state index contributed by atoms with van der Waals surface area (Å²) in [6.07, 6.45) is 0. The molecule has 0 heterocycles. The summed E-state index contributed by atoms with van der Waals surface area (Å²) in [5.74, 6) is 0. The number of rotatable bonds is 2. The van der Waals surface area contributed by atoms with Gasteiger partial charge < -0.3 is 5.32 Å². The Bertz CT molecular complexity index is 299. The van der Waals surface area contributed by atoms with E-state index >= 15 is 0 Å². The average Bonchev–Trinajstić information content (AvgIpc) is 2.01. The van der Waals surface area contributed by atoms with E-state index in [1.807, 2.05) is 32.2 Å². The van der Waals surface area contributed by atoms with Crippen molar-refractivity contribution < 1.29 is 4.39 Å². The van der Waals surface area contributed by atoms with Crippen LogP contribution in [0.3, 0.4) is 0 Å². The predicted molar refractivity (Wildman–Crippen MR) is 54.9 cm³/mol. The second kappa shape index (κ2) is 3.36. The van der Waals surface area contributed by atoms with Gasteiger partial charge in [-0.2, -0.15) is 0 Å². The van der Waals surface area contributed by atoms with Crippen molar-refractivity contribution >= 4 is 5.69 Å². The Morgan fingerprint density at radius 2 is 1.85 bits per heavy atom. The number of alkyl halides is 1. The Balaban J connectivity index is 3.16. The number of hydrogen-bond acceptors (Lipinski definition) is 1. The molecule has 0 spiro atoms. The Morgan fingerprint density at radius 3 is 2.31 bits per heavy atom. The summed E-state index contributed by atoms with van der Waals surface area (Å²) in [6.45, 7) is 5.11. The highest BCUT2D eigenvalue weighted by molar-refractivity contribution is 5.49. The quantitative estimate of drug-likeness (QED) is 0.738. The highest BCUT2D eigenvalue weighted by Crippen LogP contribution is 2.27. The zero-order valence-electron chi connectivity index (χ0n) is 8.61. The first kappa shape index (κ1) is 10.0. The first-order chi connectivity index (χ1) is 5.93. The van der Waals surface area contributed by atoms with Gasteiger partial charge in [-0.15, -0.1) is 0 Å². The molecule has 1 rings (SSSR count).